The first kappa shape index (κ1) is 14.7. The highest BCUT2D eigenvalue weighted by Gasteiger charge is 2.16. The number of nitrogen functional groups attached to an aromatic ring is 1. The molecule has 1 atom stereocenters. The van der Waals surface area contributed by atoms with E-state index in [-0.39, 0.29) is 6.04 Å². The van der Waals surface area contributed by atoms with Gasteiger partial charge in [0, 0.05) is 19.5 Å². The fraction of sp³-hybridized carbons (Fsp3) is 0.429. The van der Waals surface area contributed by atoms with Gasteiger partial charge in [-0.3, -0.25) is 4.98 Å². The van der Waals surface area contributed by atoms with Crippen molar-refractivity contribution in [2.24, 2.45) is 0 Å². The van der Waals surface area contributed by atoms with Gasteiger partial charge in [-0.1, -0.05) is 13.3 Å². The molecule has 2 heterocycles. The fourth-order valence-corrected chi connectivity index (χ4v) is 2.94. The van der Waals surface area contributed by atoms with E-state index >= 15 is 0 Å². The minimum absolute atomic E-state index is 0.269. The van der Waals surface area contributed by atoms with Gasteiger partial charge in [-0.2, -0.15) is 4.37 Å². The van der Waals surface area contributed by atoms with Crippen LogP contribution in [0, 0.1) is 0 Å². The van der Waals surface area contributed by atoms with Crippen LogP contribution in [0.2, 0.25) is 0 Å². The largest absolute Gasteiger partial charge is 0.383 e. The molecule has 2 rings (SSSR count). The minimum atomic E-state index is 0.269. The summed E-state index contributed by atoms with van der Waals surface area (Å²) in [6, 6.07) is 4.15. The average Bonchev–Trinajstić information content (AvgIpc) is 2.81. The van der Waals surface area contributed by atoms with E-state index in [9.17, 15) is 0 Å². The van der Waals surface area contributed by atoms with Crippen LogP contribution in [0.25, 0.3) is 11.1 Å². The molecule has 2 aromatic heterocycles. The van der Waals surface area contributed by atoms with Crippen molar-refractivity contribution >= 4 is 22.4 Å². The summed E-state index contributed by atoms with van der Waals surface area (Å²) >= 11 is 1.39. The Hall–Kier alpha value is -1.66. The summed E-state index contributed by atoms with van der Waals surface area (Å²) in [5.41, 5.74) is 7.99. The molecule has 5 nitrogen and oxygen atoms in total. The molecule has 0 radical (unpaired) electrons. The van der Waals surface area contributed by atoms with Crippen molar-refractivity contribution in [2.45, 2.75) is 25.8 Å². The molecule has 0 aliphatic rings. The van der Waals surface area contributed by atoms with Gasteiger partial charge in [-0.25, -0.2) is 0 Å². The summed E-state index contributed by atoms with van der Waals surface area (Å²) in [4.78, 5) is 4.04. The lowest BCUT2D eigenvalue weighted by atomic mass is 10.1. The van der Waals surface area contributed by atoms with Crippen molar-refractivity contribution in [2.75, 3.05) is 24.8 Å². The average molecular weight is 292 g/mol. The van der Waals surface area contributed by atoms with Crippen molar-refractivity contribution in [3.05, 3.63) is 24.5 Å². The summed E-state index contributed by atoms with van der Waals surface area (Å²) in [5, 5.41) is 4.49. The topological polar surface area (TPSA) is 73.1 Å². The number of nitrogens with zero attached hydrogens (tertiary/aromatic N) is 2. The van der Waals surface area contributed by atoms with E-state index in [0.29, 0.717) is 12.4 Å². The number of pyridine rings is 1. The first-order valence-corrected chi connectivity index (χ1v) is 7.44. The molecule has 2 aromatic rings. The predicted molar refractivity (Wildman–Crippen MR) is 84.0 cm³/mol. The molecular weight excluding hydrogens is 272 g/mol. The third-order valence-electron chi connectivity index (χ3n) is 3.03. The Morgan fingerprint density at radius 2 is 2.15 bits per heavy atom. The SMILES string of the molecule is CCCC(COC)Nc1snc(N)c1-c1ccncc1. The third-order valence-corrected chi connectivity index (χ3v) is 3.82. The number of nitrogens with one attached hydrogen (secondary N) is 1. The quantitative estimate of drug-likeness (QED) is 0.820. The Morgan fingerprint density at radius 3 is 2.80 bits per heavy atom. The molecule has 3 N–H and O–H groups in total. The van der Waals surface area contributed by atoms with Gasteiger partial charge < -0.3 is 15.8 Å². The number of rotatable bonds is 7. The first-order valence-electron chi connectivity index (χ1n) is 6.67. The molecule has 0 aliphatic carbocycles. The molecule has 0 spiro atoms. The summed E-state index contributed by atoms with van der Waals surface area (Å²) in [6.45, 7) is 2.83. The van der Waals surface area contributed by atoms with E-state index in [2.05, 4.69) is 21.6 Å². The van der Waals surface area contributed by atoms with Crippen LogP contribution in [0.5, 0.6) is 0 Å². The van der Waals surface area contributed by atoms with Gasteiger partial charge in [0.25, 0.3) is 0 Å². The second-order valence-electron chi connectivity index (χ2n) is 4.59. The molecule has 1 unspecified atom stereocenters. The van der Waals surface area contributed by atoms with Crippen molar-refractivity contribution in [3.63, 3.8) is 0 Å². The number of aromatic nitrogens is 2. The van der Waals surface area contributed by atoms with Gasteiger partial charge in [0.05, 0.1) is 18.2 Å². The van der Waals surface area contributed by atoms with Crippen LogP contribution < -0.4 is 11.1 Å². The highest BCUT2D eigenvalue weighted by Crippen LogP contribution is 2.37. The van der Waals surface area contributed by atoms with Gasteiger partial charge in [0.1, 0.15) is 10.8 Å². The lowest BCUT2D eigenvalue weighted by molar-refractivity contribution is 0.182. The molecule has 0 amide bonds. The number of nitrogens with two attached hydrogens (primary N) is 1. The molecular formula is C14H20N4OS. The smallest absolute Gasteiger partial charge is 0.147 e. The molecule has 0 fully saturated rings. The molecule has 0 saturated carbocycles. The van der Waals surface area contributed by atoms with Gasteiger partial charge in [-0.05, 0) is 35.6 Å². The molecule has 108 valence electrons. The van der Waals surface area contributed by atoms with E-state index in [1.54, 1.807) is 19.5 Å². The Kier molecular flexibility index (Phi) is 5.31. The van der Waals surface area contributed by atoms with Crippen LogP contribution in [0.4, 0.5) is 10.8 Å². The second kappa shape index (κ2) is 7.21. The number of methoxy groups -OCH3 is 1. The summed E-state index contributed by atoms with van der Waals surface area (Å²) in [7, 11) is 1.72. The summed E-state index contributed by atoms with van der Waals surface area (Å²) < 4.78 is 9.52. The summed E-state index contributed by atoms with van der Waals surface area (Å²) in [6.07, 6.45) is 5.66. The predicted octanol–water partition coefficient (Wildman–Crippen LogP) is 3.01. The van der Waals surface area contributed by atoms with E-state index < -0.39 is 0 Å². The van der Waals surface area contributed by atoms with Crippen LogP contribution in [-0.2, 0) is 4.74 Å². The highest BCUT2D eigenvalue weighted by atomic mass is 32.1. The molecule has 20 heavy (non-hydrogen) atoms. The number of hydrogen-bond donors (Lipinski definition) is 2. The zero-order valence-electron chi connectivity index (χ0n) is 11.8. The Balaban J connectivity index is 2.24. The lowest BCUT2D eigenvalue weighted by Gasteiger charge is -2.18. The lowest BCUT2D eigenvalue weighted by Crippen LogP contribution is -2.24. The van der Waals surface area contributed by atoms with Crippen molar-refractivity contribution in [1.82, 2.24) is 9.36 Å². The first-order chi connectivity index (χ1) is 9.76. The molecule has 0 aromatic carbocycles. The second-order valence-corrected chi connectivity index (χ2v) is 5.37. The standard InChI is InChI=1S/C14H20N4OS/c1-3-4-11(9-19-2)17-14-12(13(15)18-20-14)10-5-7-16-8-6-10/h5-8,11,17H,3-4,9H2,1-2H3,(H2,15,18). The van der Waals surface area contributed by atoms with Crippen LogP contribution in [0.3, 0.4) is 0 Å². The maximum Gasteiger partial charge on any atom is 0.147 e. The van der Waals surface area contributed by atoms with E-state index in [0.717, 1.165) is 29.0 Å². The van der Waals surface area contributed by atoms with Gasteiger partial charge >= 0.3 is 0 Å². The number of ether oxygens (including phenoxy) is 1. The molecule has 0 bridgehead atoms. The highest BCUT2D eigenvalue weighted by molar-refractivity contribution is 7.11. The maximum atomic E-state index is 6.00. The maximum absolute atomic E-state index is 6.00. The van der Waals surface area contributed by atoms with E-state index in [1.807, 2.05) is 12.1 Å². The van der Waals surface area contributed by atoms with Crippen LogP contribution >= 0.6 is 11.5 Å². The molecule has 0 saturated heterocycles. The van der Waals surface area contributed by atoms with Gasteiger partial charge in [0.15, 0.2) is 0 Å². The Bertz CT molecular complexity index is 523. The van der Waals surface area contributed by atoms with Crippen LogP contribution in [0.1, 0.15) is 19.8 Å². The molecule has 6 heteroatoms. The normalized spacial score (nSPS) is 12.3. The monoisotopic (exact) mass is 292 g/mol. The summed E-state index contributed by atoms with van der Waals surface area (Å²) in [5.74, 6) is 0.552. The molecule has 0 aliphatic heterocycles. The third kappa shape index (κ3) is 3.46. The zero-order chi connectivity index (χ0) is 14.4. The zero-order valence-corrected chi connectivity index (χ0v) is 12.6. The number of anilines is 2. The minimum Gasteiger partial charge on any atom is -0.383 e. The van der Waals surface area contributed by atoms with E-state index in [4.69, 9.17) is 10.5 Å². The van der Waals surface area contributed by atoms with Crippen LogP contribution in [-0.4, -0.2) is 29.1 Å². The van der Waals surface area contributed by atoms with E-state index in [1.165, 1.54) is 11.5 Å². The number of hydrogen-bond acceptors (Lipinski definition) is 6. The van der Waals surface area contributed by atoms with Crippen LogP contribution in [0.15, 0.2) is 24.5 Å². The van der Waals surface area contributed by atoms with Gasteiger partial charge in [-0.15, -0.1) is 0 Å². The van der Waals surface area contributed by atoms with Gasteiger partial charge in [0.2, 0.25) is 0 Å². The van der Waals surface area contributed by atoms with Crippen molar-refractivity contribution < 1.29 is 4.74 Å². The Labute approximate surface area is 123 Å². The van der Waals surface area contributed by atoms with Crippen molar-refractivity contribution in [1.29, 1.82) is 0 Å². The van der Waals surface area contributed by atoms with Crippen molar-refractivity contribution in [3.8, 4) is 11.1 Å². The fourth-order valence-electron chi connectivity index (χ4n) is 2.13. The Morgan fingerprint density at radius 1 is 1.40 bits per heavy atom.